The maximum absolute atomic E-state index is 13.0. The molecule has 0 spiro atoms. The molecule has 1 aromatic heterocycles. The second kappa shape index (κ2) is 6.37. The second-order valence-corrected chi connectivity index (χ2v) is 7.14. The predicted octanol–water partition coefficient (Wildman–Crippen LogP) is 4.74. The van der Waals surface area contributed by atoms with Crippen LogP contribution in [0.15, 0.2) is 33.4 Å². The first-order chi connectivity index (χ1) is 9.75. The number of benzene rings is 1. The molecule has 0 atom stereocenters. The van der Waals surface area contributed by atoms with Crippen molar-refractivity contribution in [2.75, 3.05) is 12.8 Å². The lowest BCUT2D eigenvalue weighted by Gasteiger charge is -2.20. The fourth-order valence-electron chi connectivity index (χ4n) is 2.08. The van der Waals surface area contributed by atoms with Gasteiger partial charge in [-0.25, -0.2) is 0 Å². The molecule has 1 heterocycles. The second-order valence-electron chi connectivity index (χ2n) is 4.85. The lowest BCUT2D eigenvalue weighted by molar-refractivity contribution is -0.138. The topological polar surface area (TPSA) is 29.3 Å². The van der Waals surface area contributed by atoms with Gasteiger partial charge in [0, 0.05) is 18.8 Å². The Morgan fingerprint density at radius 1 is 1.24 bits per heavy atom. The van der Waals surface area contributed by atoms with Crippen molar-refractivity contribution >= 4 is 33.0 Å². The van der Waals surface area contributed by atoms with E-state index in [1.807, 2.05) is 16.3 Å². The van der Waals surface area contributed by atoms with Crippen LogP contribution < -0.4 is 5.73 Å². The SMILES string of the molecule is CN(Cc1csc(Br)c1)Cc1ccc(N)cc1C(F)(F)F. The van der Waals surface area contributed by atoms with Crippen LogP contribution in [0.2, 0.25) is 0 Å². The van der Waals surface area contributed by atoms with E-state index in [0.29, 0.717) is 6.54 Å². The molecular formula is C14H14BrF3N2S. The van der Waals surface area contributed by atoms with Crippen molar-refractivity contribution in [3.05, 3.63) is 50.1 Å². The summed E-state index contributed by atoms with van der Waals surface area (Å²) in [7, 11) is 1.79. The molecule has 2 aromatic rings. The van der Waals surface area contributed by atoms with Crippen LogP contribution in [0.5, 0.6) is 0 Å². The van der Waals surface area contributed by atoms with Crippen LogP contribution in [0.25, 0.3) is 0 Å². The Morgan fingerprint density at radius 2 is 1.95 bits per heavy atom. The summed E-state index contributed by atoms with van der Waals surface area (Å²) in [5.41, 5.74) is 6.22. The van der Waals surface area contributed by atoms with Crippen LogP contribution in [0, 0.1) is 0 Å². The van der Waals surface area contributed by atoms with Gasteiger partial charge in [-0.3, -0.25) is 4.90 Å². The number of hydrogen-bond acceptors (Lipinski definition) is 3. The van der Waals surface area contributed by atoms with Crippen molar-refractivity contribution < 1.29 is 13.2 Å². The summed E-state index contributed by atoms with van der Waals surface area (Å²) in [5, 5.41) is 1.98. The van der Waals surface area contributed by atoms with Crippen LogP contribution in [0.3, 0.4) is 0 Å². The molecule has 21 heavy (non-hydrogen) atoms. The van der Waals surface area contributed by atoms with E-state index in [-0.39, 0.29) is 17.8 Å². The molecular weight excluding hydrogens is 365 g/mol. The fourth-order valence-corrected chi connectivity index (χ4v) is 3.28. The number of hydrogen-bond donors (Lipinski definition) is 1. The van der Waals surface area contributed by atoms with Crippen LogP contribution in [-0.4, -0.2) is 11.9 Å². The first kappa shape index (κ1) is 16.3. The molecule has 2 rings (SSSR count). The van der Waals surface area contributed by atoms with Gasteiger partial charge in [0.05, 0.1) is 9.35 Å². The summed E-state index contributed by atoms with van der Waals surface area (Å²) in [6.07, 6.45) is -4.39. The molecule has 0 aliphatic carbocycles. The van der Waals surface area contributed by atoms with Crippen molar-refractivity contribution in [2.24, 2.45) is 0 Å². The molecule has 2 nitrogen and oxygen atoms in total. The van der Waals surface area contributed by atoms with Gasteiger partial charge in [0.25, 0.3) is 0 Å². The molecule has 0 fully saturated rings. The highest BCUT2D eigenvalue weighted by atomic mass is 79.9. The number of nitrogen functional groups attached to an aromatic ring is 1. The Bertz CT molecular complexity index is 625. The fraction of sp³-hybridized carbons (Fsp3) is 0.286. The number of nitrogens with two attached hydrogens (primary N) is 1. The van der Waals surface area contributed by atoms with E-state index in [4.69, 9.17) is 5.73 Å². The van der Waals surface area contributed by atoms with E-state index in [2.05, 4.69) is 15.9 Å². The maximum atomic E-state index is 13.0. The van der Waals surface area contributed by atoms with E-state index >= 15 is 0 Å². The zero-order chi connectivity index (χ0) is 15.6. The molecule has 0 bridgehead atoms. The summed E-state index contributed by atoms with van der Waals surface area (Å²) in [6, 6.07) is 5.90. The van der Waals surface area contributed by atoms with E-state index in [1.54, 1.807) is 18.4 Å². The third-order valence-electron chi connectivity index (χ3n) is 2.95. The standard InChI is InChI=1S/C14H14BrF3N2S/c1-20(6-9-4-13(15)21-8-9)7-10-2-3-11(19)5-12(10)14(16,17)18/h2-5,8H,6-7,19H2,1H3. The highest BCUT2D eigenvalue weighted by Gasteiger charge is 2.33. The van der Waals surface area contributed by atoms with E-state index < -0.39 is 11.7 Å². The van der Waals surface area contributed by atoms with Crippen molar-refractivity contribution in [2.45, 2.75) is 19.3 Å². The Morgan fingerprint density at radius 3 is 2.52 bits per heavy atom. The lowest BCUT2D eigenvalue weighted by Crippen LogP contribution is -2.20. The Hall–Kier alpha value is -1.05. The van der Waals surface area contributed by atoms with E-state index in [0.717, 1.165) is 15.4 Å². The van der Waals surface area contributed by atoms with Gasteiger partial charge in [0.2, 0.25) is 0 Å². The molecule has 0 unspecified atom stereocenters. The average Bonchev–Trinajstić information content (AvgIpc) is 2.75. The quantitative estimate of drug-likeness (QED) is 0.778. The number of nitrogens with zero attached hydrogens (tertiary/aromatic N) is 1. The number of thiophene rings is 1. The van der Waals surface area contributed by atoms with Gasteiger partial charge in [0.15, 0.2) is 0 Å². The highest BCUT2D eigenvalue weighted by molar-refractivity contribution is 9.11. The molecule has 114 valence electrons. The predicted molar refractivity (Wildman–Crippen MR) is 83.0 cm³/mol. The molecule has 7 heteroatoms. The zero-order valence-electron chi connectivity index (χ0n) is 11.2. The molecule has 0 aliphatic rings. The van der Waals surface area contributed by atoms with E-state index in [9.17, 15) is 13.2 Å². The molecule has 0 aliphatic heterocycles. The first-order valence-corrected chi connectivity index (χ1v) is 7.80. The van der Waals surface area contributed by atoms with Crippen LogP contribution in [-0.2, 0) is 19.3 Å². The first-order valence-electron chi connectivity index (χ1n) is 6.13. The van der Waals surface area contributed by atoms with Gasteiger partial charge in [-0.1, -0.05) is 6.07 Å². The number of rotatable bonds is 4. The zero-order valence-corrected chi connectivity index (χ0v) is 13.6. The Kier molecular flexibility index (Phi) is 4.95. The van der Waals surface area contributed by atoms with Crippen molar-refractivity contribution in [3.63, 3.8) is 0 Å². The minimum atomic E-state index is -4.39. The third-order valence-corrected chi connectivity index (χ3v) is 4.51. The van der Waals surface area contributed by atoms with Gasteiger partial charge < -0.3 is 5.73 Å². The van der Waals surface area contributed by atoms with Crippen molar-refractivity contribution in [3.8, 4) is 0 Å². The summed E-state index contributed by atoms with van der Waals surface area (Å²) in [6.45, 7) is 0.798. The van der Waals surface area contributed by atoms with Crippen LogP contribution >= 0.6 is 27.3 Å². The average molecular weight is 379 g/mol. The Balaban J connectivity index is 2.15. The summed E-state index contributed by atoms with van der Waals surface area (Å²) >= 11 is 4.93. The monoisotopic (exact) mass is 378 g/mol. The van der Waals surface area contributed by atoms with Gasteiger partial charge in [-0.05, 0) is 57.7 Å². The van der Waals surface area contributed by atoms with Gasteiger partial charge in [0.1, 0.15) is 0 Å². The lowest BCUT2D eigenvalue weighted by atomic mass is 10.1. The van der Waals surface area contributed by atoms with Gasteiger partial charge >= 0.3 is 6.18 Å². The maximum Gasteiger partial charge on any atom is 0.416 e. The van der Waals surface area contributed by atoms with Crippen molar-refractivity contribution in [1.82, 2.24) is 4.90 Å². The smallest absolute Gasteiger partial charge is 0.399 e. The minimum absolute atomic E-state index is 0.121. The van der Waals surface area contributed by atoms with Crippen LogP contribution in [0.1, 0.15) is 16.7 Å². The molecule has 0 radical (unpaired) electrons. The number of anilines is 1. The normalized spacial score (nSPS) is 12.1. The minimum Gasteiger partial charge on any atom is -0.399 e. The van der Waals surface area contributed by atoms with E-state index in [1.165, 1.54) is 12.1 Å². The number of alkyl halides is 3. The largest absolute Gasteiger partial charge is 0.416 e. The molecule has 1 aromatic carbocycles. The molecule has 0 amide bonds. The van der Waals surface area contributed by atoms with Gasteiger partial charge in [-0.15, -0.1) is 11.3 Å². The molecule has 2 N–H and O–H groups in total. The summed E-state index contributed by atoms with van der Waals surface area (Å²) in [4.78, 5) is 1.84. The summed E-state index contributed by atoms with van der Waals surface area (Å²) in [5.74, 6) is 0. The number of halogens is 4. The van der Waals surface area contributed by atoms with Gasteiger partial charge in [-0.2, -0.15) is 13.2 Å². The van der Waals surface area contributed by atoms with Crippen LogP contribution in [0.4, 0.5) is 18.9 Å². The third kappa shape index (κ3) is 4.46. The molecule has 0 saturated heterocycles. The molecule has 0 saturated carbocycles. The highest BCUT2D eigenvalue weighted by Crippen LogP contribution is 2.34. The Labute approximate surface area is 133 Å². The summed E-state index contributed by atoms with van der Waals surface area (Å²) < 4.78 is 40.1. The van der Waals surface area contributed by atoms with Crippen molar-refractivity contribution in [1.29, 1.82) is 0 Å².